The number of benzene rings is 1. The monoisotopic (exact) mass is 316 g/mol. The van der Waals surface area contributed by atoms with Gasteiger partial charge in [0.1, 0.15) is 6.26 Å². The van der Waals surface area contributed by atoms with E-state index in [1.54, 1.807) is 0 Å². The molecule has 1 aromatic heterocycles. The first kappa shape index (κ1) is 16.7. The van der Waals surface area contributed by atoms with Crippen molar-refractivity contribution in [1.29, 1.82) is 0 Å². The van der Waals surface area contributed by atoms with E-state index in [1.807, 2.05) is 44.2 Å². The standard InChI is InChI=1S/C17H20N2O4/c1-11(2)8-13(17(21)22)9-18-15(20)14-10-23-16(19-14)12-6-4-3-5-7-12/h3-7,10-11,13H,8-9H2,1-2H3,(H,18,20)(H,21,22). The lowest BCUT2D eigenvalue weighted by Gasteiger charge is -2.14. The van der Waals surface area contributed by atoms with Crippen LogP contribution in [0.5, 0.6) is 0 Å². The zero-order valence-corrected chi connectivity index (χ0v) is 13.2. The van der Waals surface area contributed by atoms with Crippen LogP contribution in [0.3, 0.4) is 0 Å². The largest absolute Gasteiger partial charge is 0.481 e. The van der Waals surface area contributed by atoms with Gasteiger partial charge in [-0.2, -0.15) is 0 Å². The first-order chi connectivity index (χ1) is 11.0. The third kappa shape index (κ3) is 4.67. The maximum atomic E-state index is 12.1. The summed E-state index contributed by atoms with van der Waals surface area (Å²) < 4.78 is 5.30. The summed E-state index contributed by atoms with van der Waals surface area (Å²) in [6, 6.07) is 9.24. The zero-order chi connectivity index (χ0) is 16.8. The number of nitrogens with zero attached hydrogens (tertiary/aromatic N) is 1. The van der Waals surface area contributed by atoms with E-state index >= 15 is 0 Å². The molecule has 122 valence electrons. The Balaban J connectivity index is 1.98. The molecule has 0 aliphatic heterocycles. The highest BCUT2D eigenvalue weighted by Gasteiger charge is 2.21. The van der Waals surface area contributed by atoms with Crippen LogP contribution in [0.2, 0.25) is 0 Å². The summed E-state index contributed by atoms with van der Waals surface area (Å²) >= 11 is 0. The molecule has 1 heterocycles. The number of aromatic nitrogens is 1. The molecule has 0 fully saturated rings. The van der Waals surface area contributed by atoms with Gasteiger partial charge in [-0.15, -0.1) is 0 Å². The summed E-state index contributed by atoms with van der Waals surface area (Å²) in [5.74, 6) is -1.37. The first-order valence-corrected chi connectivity index (χ1v) is 7.49. The number of carboxylic acid groups (broad SMARTS) is 1. The molecule has 1 atom stereocenters. The molecule has 2 N–H and O–H groups in total. The van der Waals surface area contributed by atoms with Gasteiger partial charge in [0.15, 0.2) is 5.69 Å². The Labute approximate surface area is 134 Å². The van der Waals surface area contributed by atoms with Gasteiger partial charge in [-0.3, -0.25) is 9.59 Å². The summed E-state index contributed by atoms with van der Waals surface area (Å²) in [5.41, 5.74) is 0.910. The van der Waals surface area contributed by atoms with Crippen LogP contribution in [0.15, 0.2) is 41.0 Å². The van der Waals surface area contributed by atoms with Gasteiger partial charge in [0.05, 0.1) is 5.92 Å². The number of carbonyl (C=O) groups excluding carboxylic acids is 1. The maximum absolute atomic E-state index is 12.1. The topological polar surface area (TPSA) is 92.4 Å². The summed E-state index contributed by atoms with van der Waals surface area (Å²) in [6.07, 6.45) is 1.78. The highest BCUT2D eigenvalue weighted by atomic mass is 16.4. The van der Waals surface area contributed by atoms with Gasteiger partial charge >= 0.3 is 5.97 Å². The summed E-state index contributed by atoms with van der Waals surface area (Å²) in [5, 5.41) is 11.8. The van der Waals surface area contributed by atoms with Crippen LogP contribution in [0.4, 0.5) is 0 Å². The molecule has 2 aromatic rings. The van der Waals surface area contributed by atoms with Gasteiger partial charge in [0.2, 0.25) is 5.89 Å². The lowest BCUT2D eigenvalue weighted by atomic mass is 9.97. The third-order valence-corrected chi connectivity index (χ3v) is 3.37. The minimum atomic E-state index is -0.913. The first-order valence-electron chi connectivity index (χ1n) is 7.49. The van der Waals surface area contributed by atoms with Gasteiger partial charge in [0, 0.05) is 12.1 Å². The number of amides is 1. The molecular weight excluding hydrogens is 296 g/mol. The number of carbonyl (C=O) groups is 2. The Kier molecular flexibility index (Phi) is 5.51. The Morgan fingerprint density at radius 3 is 2.57 bits per heavy atom. The number of oxazole rings is 1. The van der Waals surface area contributed by atoms with Crippen LogP contribution >= 0.6 is 0 Å². The zero-order valence-electron chi connectivity index (χ0n) is 13.2. The number of rotatable bonds is 7. The van der Waals surface area contributed by atoms with Crippen molar-refractivity contribution in [1.82, 2.24) is 10.3 Å². The van der Waals surface area contributed by atoms with Crippen LogP contribution < -0.4 is 5.32 Å². The van der Waals surface area contributed by atoms with Crippen LogP contribution in [-0.4, -0.2) is 28.5 Å². The molecule has 0 aliphatic rings. The minimum Gasteiger partial charge on any atom is -0.481 e. The maximum Gasteiger partial charge on any atom is 0.308 e. The summed E-state index contributed by atoms with van der Waals surface area (Å²) in [6.45, 7) is 3.96. The number of hydrogen-bond donors (Lipinski definition) is 2. The molecule has 1 amide bonds. The van der Waals surface area contributed by atoms with Crippen LogP contribution in [0, 0.1) is 11.8 Å². The Bertz CT molecular complexity index is 664. The van der Waals surface area contributed by atoms with Gasteiger partial charge in [-0.1, -0.05) is 32.0 Å². The third-order valence-electron chi connectivity index (χ3n) is 3.37. The molecule has 0 aliphatic carbocycles. The van der Waals surface area contributed by atoms with Crippen molar-refractivity contribution in [2.24, 2.45) is 11.8 Å². The van der Waals surface area contributed by atoms with Crippen molar-refractivity contribution in [2.75, 3.05) is 6.54 Å². The fourth-order valence-electron chi connectivity index (χ4n) is 2.24. The van der Waals surface area contributed by atoms with Crippen molar-refractivity contribution >= 4 is 11.9 Å². The van der Waals surface area contributed by atoms with E-state index in [-0.39, 0.29) is 18.2 Å². The summed E-state index contributed by atoms with van der Waals surface area (Å²) in [7, 11) is 0. The normalized spacial score (nSPS) is 12.1. The minimum absolute atomic E-state index is 0.0693. The molecule has 1 aromatic carbocycles. The predicted molar refractivity (Wildman–Crippen MR) is 84.9 cm³/mol. The lowest BCUT2D eigenvalue weighted by molar-refractivity contribution is -0.142. The molecule has 1 unspecified atom stereocenters. The average molecular weight is 316 g/mol. The highest BCUT2D eigenvalue weighted by molar-refractivity contribution is 5.92. The van der Waals surface area contributed by atoms with Gasteiger partial charge in [-0.25, -0.2) is 4.98 Å². The van der Waals surface area contributed by atoms with E-state index in [4.69, 9.17) is 4.42 Å². The van der Waals surface area contributed by atoms with Gasteiger partial charge in [-0.05, 0) is 24.5 Å². The van der Waals surface area contributed by atoms with E-state index < -0.39 is 17.8 Å². The quantitative estimate of drug-likeness (QED) is 0.819. The smallest absolute Gasteiger partial charge is 0.308 e. The lowest BCUT2D eigenvalue weighted by Crippen LogP contribution is -2.33. The van der Waals surface area contributed by atoms with Crippen molar-refractivity contribution in [3.63, 3.8) is 0 Å². The second-order valence-corrected chi connectivity index (χ2v) is 5.78. The van der Waals surface area contributed by atoms with Crippen LogP contribution in [0.1, 0.15) is 30.8 Å². The second kappa shape index (κ2) is 7.58. The van der Waals surface area contributed by atoms with Crippen LogP contribution in [-0.2, 0) is 4.79 Å². The van der Waals surface area contributed by atoms with Crippen molar-refractivity contribution in [3.8, 4) is 11.5 Å². The number of carboxylic acids is 1. The number of hydrogen-bond acceptors (Lipinski definition) is 4. The molecule has 0 spiro atoms. The van der Waals surface area contributed by atoms with Gasteiger partial charge in [0.25, 0.3) is 5.91 Å². The molecule has 6 heteroatoms. The van der Waals surface area contributed by atoms with Crippen molar-refractivity contribution in [3.05, 3.63) is 42.3 Å². The molecule has 0 radical (unpaired) electrons. The highest BCUT2D eigenvalue weighted by Crippen LogP contribution is 2.18. The Hall–Kier alpha value is -2.63. The predicted octanol–water partition coefficient (Wildman–Crippen LogP) is 2.82. The molecule has 0 saturated heterocycles. The van der Waals surface area contributed by atoms with Crippen molar-refractivity contribution in [2.45, 2.75) is 20.3 Å². The summed E-state index contributed by atoms with van der Waals surface area (Å²) in [4.78, 5) is 27.4. The Morgan fingerprint density at radius 2 is 1.96 bits per heavy atom. The molecule has 0 saturated carbocycles. The van der Waals surface area contributed by atoms with E-state index in [1.165, 1.54) is 6.26 Å². The van der Waals surface area contributed by atoms with E-state index in [0.717, 1.165) is 5.56 Å². The number of nitrogens with one attached hydrogen (secondary N) is 1. The molecular formula is C17H20N2O4. The molecule has 6 nitrogen and oxygen atoms in total. The molecule has 23 heavy (non-hydrogen) atoms. The fraction of sp³-hybridized carbons (Fsp3) is 0.353. The fourth-order valence-corrected chi connectivity index (χ4v) is 2.24. The molecule has 0 bridgehead atoms. The Morgan fingerprint density at radius 1 is 1.26 bits per heavy atom. The van der Waals surface area contributed by atoms with E-state index in [0.29, 0.717) is 12.3 Å². The van der Waals surface area contributed by atoms with Crippen molar-refractivity contribution < 1.29 is 19.1 Å². The second-order valence-electron chi connectivity index (χ2n) is 5.78. The average Bonchev–Trinajstić information content (AvgIpc) is 3.01. The van der Waals surface area contributed by atoms with Gasteiger partial charge < -0.3 is 14.8 Å². The van der Waals surface area contributed by atoms with E-state index in [2.05, 4.69) is 10.3 Å². The SMILES string of the molecule is CC(C)CC(CNC(=O)c1coc(-c2ccccc2)n1)C(=O)O. The van der Waals surface area contributed by atoms with Crippen LogP contribution in [0.25, 0.3) is 11.5 Å². The molecule has 2 rings (SSSR count). The van der Waals surface area contributed by atoms with E-state index in [9.17, 15) is 14.7 Å². The number of aliphatic carboxylic acids is 1.